The maximum absolute atomic E-state index is 13.1. The first-order chi connectivity index (χ1) is 13.0. The fraction of sp³-hybridized carbons (Fsp3) is 0.632. The van der Waals surface area contributed by atoms with Crippen LogP contribution in [0.2, 0.25) is 0 Å². The Kier molecular flexibility index (Phi) is 4.09. The van der Waals surface area contributed by atoms with Crippen molar-refractivity contribution in [2.24, 2.45) is 4.99 Å². The average Bonchev–Trinajstić information content (AvgIpc) is 3.30. The quantitative estimate of drug-likeness (QED) is 0.772. The van der Waals surface area contributed by atoms with Crippen LogP contribution in [-0.4, -0.2) is 57.4 Å². The molecule has 146 valence electrons. The SMILES string of the molecule is CC1CCN2C(=N1)C1(OCCCO1)c1cc(S(=O)(=O)N3CCCC3)ccc12. The topological polar surface area (TPSA) is 71.4 Å². The molecule has 1 aromatic carbocycles. The molecule has 27 heavy (non-hydrogen) atoms. The van der Waals surface area contributed by atoms with Crippen LogP contribution in [0, 0.1) is 0 Å². The minimum Gasteiger partial charge on any atom is -0.340 e. The number of amidine groups is 1. The Bertz CT molecular complexity index is 886. The number of ether oxygens (including phenoxy) is 2. The number of fused-ring (bicyclic) bond motifs is 5. The van der Waals surface area contributed by atoms with Gasteiger partial charge in [0.15, 0.2) is 5.84 Å². The van der Waals surface area contributed by atoms with Crippen molar-refractivity contribution < 1.29 is 17.9 Å². The Hall–Kier alpha value is -1.48. The molecule has 1 unspecified atom stereocenters. The molecule has 1 aromatic rings. The lowest BCUT2D eigenvalue weighted by Crippen LogP contribution is -2.50. The molecule has 2 fully saturated rings. The van der Waals surface area contributed by atoms with E-state index in [0.717, 1.165) is 49.3 Å². The van der Waals surface area contributed by atoms with E-state index < -0.39 is 15.8 Å². The molecule has 8 heteroatoms. The van der Waals surface area contributed by atoms with E-state index in [1.165, 1.54) is 0 Å². The highest BCUT2D eigenvalue weighted by Gasteiger charge is 2.54. The molecule has 5 rings (SSSR count). The van der Waals surface area contributed by atoms with Crippen LogP contribution < -0.4 is 4.90 Å². The molecule has 2 saturated heterocycles. The van der Waals surface area contributed by atoms with E-state index in [0.29, 0.717) is 31.2 Å². The van der Waals surface area contributed by atoms with Crippen LogP contribution in [-0.2, 0) is 25.3 Å². The molecule has 0 bridgehead atoms. The molecule has 4 heterocycles. The van der Waals surface area contributed by atoms with Crippen LogP contribution in [0.1, 0.15) is 38.2 Å². The largest absolute Gasteiger partial charge is 0.340 e. The zero-order chi connectivity index (χ0) is 18.6. The number of hydrogen-bond acceptors (Lipinski definition) is 6. The number of sulfonamides is 1. The Balaban J connectivity index is 1.64. The molecule has 0 radical (unpaired) electrons. The van der Waals surface area contributed by atoms with Crippen LogP contribution in [0.5, 0.6) is 0 Å². The summed E-state index contributed by atoms with van der Waals surface area (Å²) in [4.78, 5) is 7.28. The van der Waals surface area contributed by atoms with Crippen molar-refractivity contribution in [3.8, 4) is 0 Å². The Morgan fingerprint density at radius 3 is 2.59 bits per heavy atom. The molecule has 0 N–H and O–H groups in total. The van der Waals surface area contributed by atoms with Crippen molar-refractivity contribution >= 4 is 21.5 Å². The molecule has 0 saturated carbocycles. The van der Waals surface area contributed by atoms with Gasteiger partial charge in [-0.2, -0.15) is 4.31 Å². The third-order valence-corrected chi connectivity index (χ3v) is 7.77. The number of aliphatic imine (C=N–C) groups is 1. The predicted octanol–water partition coefficient (Wildman–Crippen LogP) is 2.07. The van der Waals surface area contributed by atoms with Gasteiger partial charge in [0.2, 0.25) is 10.0 Å². The average molecular weight is 391 g/mol. The standard InChI is InChI=1S/C19H25N3O4S/c1-14-7-10-22-17-6-5-15(27(23,24)21-8-2-3-9-21)13-16(17)19(18(22)20-14)25-11-4-12-26-19/h5-6,13-14H,2-4,7-12H2,1H3. The summed E-state index contributed by atoms with van der Waals surface area (Å²) in [5.41, 5.74) is 1.72. The summed E-state index contributed by atoms with van der Waals surface area (Å²) >= 11 is 0. The van der Waals surface area contributed by atoms with Gasteiger partial charge in [-0.1, -0.05) is 0 Å². The number of rotatable bonds is 2. The number of anilines is 1. The van der Waals surface area contributed by atoms with Crippen molar-refractivity contribution in [1.29, 1.82) is 0 Å². The van der Waals surface area contributed by atoms with Gasteiger partial charge in [-0.3, -0.25) is 4.99 Å². The van der Waals surface area contributed by atoms with Gasteiger partial charge in [0.05, 0.1) is 29.8 Å². The van der Waals surface area contributed by atoms with E-state index in [1.54, 1.807) is 16.4 Å². The Morgan fingerprint density at radius 1 is 1.11 bits per heavy atom. The fourth-order valence-corrected chi connectivity index (χ4v) is 6.00. The summed E-state index contributed by atoms with van der Waals surface area (Å²) < 4.78 is 40.0. The molecule has 1 atom stereocenters. The first-order valence-electron chi connectivity index (χ1n) is 9.81. The van der Waals surface area contributed by atoms with Crippen LogP contribution in [0.25, 0.3) is 0 Å². The molecular formula is C19H25N3O4S. The van der Waals surface area contributed by atoms with Crippen molar-refractivity contribution in [2.75, 3.05) is 37.7 Å². The molecule has 7 nitrogen and oxygen atoms in total. The first-order valence-corrected chi connectivity index (χ1v) is 11.2. The number of nitrogens with zero attached hydrogens (tertiary/aromatic N) is 3. The fourth-order valence-electron chi connectivity index (χ4n) is 4.45. The summed E-state index contributed by atoms with van der Waals surface area (Å²) in [6.07, 6.45) is 3.62. The zero-order valence-electron chi connectivity index (χ0n) is 15.6. The van der Waals surface area contributed by atoms with Crippen LogP contribution in [0.15, 0.2) is 28.1 Å². The molecule has 0 aliphatic carbocycles. The van der Waals surface area contributed by atoms with Gasteiger partial charge in [0.25, 0.3) is 5.79 Å². The zero-order valence-corrected chi connectivity index (χ0v) is 16.4. The Labute approximate surface area is 160 Å². The summed E-state index contributed by atoms with van der Waals surface area (Å²) in [5.74, 6) is -0.301. The van der Waals surface area contributed by atoms with E-state index in [2.05, 4.69) is 11.8 Å². The van der Waals surface area contributed by atoms with Gasteiger partial charge in [0.1, 0.15) is 0 Å². The summed E-state index contributed by atoms with van der Waals surface area (Å²) in [7, 11) is -3.50. The third-order valence-electron chi connectivity index (χ3n) is 5.88. The second-order valence-corrected chi connectivity index (χ2v) is 9.64. The summed E-state index contributed by atoms with van der Waals surface area (Å²) in [6, 6.07) is 5.55. The summed E-state index contributed by atoms with van der Waals surface area (Å²) in [6.45, 7) is 5.25. The third kappa shape index (κ3) is 2.57. The molecule has 1 spiro atoms. The van der Waals surface area contributed by atoms with Gasteiger partial charge < -0.3 is 14.4 Å². The highest BCUT2D eigenvalue weighted by Crippen LogP contribution is 2.48. The van der Waals surface area contributed by atoms with Crippen molar-refractivity contribution in [3.63, 3.8) is 0 Å². The second kappa shape index (κ2) is 6.27. The van der Waals surface area contributed by atoms with Gasteiger partial charge in [-0.25, -0.2) is 8.42 Å². The lowest BCUT2D eigenvalue weighted by atomic mass is 10.1. The molecule has 4 aliphatic heterocycles. The second-order valence-electron chi connectivity index (χ2n) is 7.70. The number of benzene rings is 1. The van der Waals surface area contributed by atoms with E-state index in [-0.39, 0.29) is 6.04 Å². The maximum Gasteiger partial charge on any atom is 0.257 e. The van der Waals surface area contributed by atoms with Gasteiger partial charge in [-0.05, 0) is 50.8 Å². The van der Waals surface area contributed by atoms with Crippen LogP contribution in [0.4, 0.5) is 5.69 Å². The lowest BCUT2D eigenvalue weighted by molar-refractivity contribution is -0.228. The minimum absolute atomic E-state index is 0.198. The number of hydrogen-bond donors (Lipinski definition) is 0. The Morgan fingerprint density at radius 2 is 1.85 bits per heavy atom. The lowest BCUT2D eigenvalue weighted by Gasteiger charge is -2.37. The van der Waals surface area contributed by atoms with E-state index in [9.17, 15) is 8.42 Å². The van der Waals surface area contributed by atoms with Gasteiger partial charge in [0, 0.05) is 25.2 Å². The minimum atomic E-state index is -3.50. The van der Waals surface area contributed by atoms with Crippen LogP contribution >= 0.6 is 0 Å². The summed E-state index contributed by atoms with van der Waals surface area (Å²) in [5, 5.41) is 0. The normalized spacial score (nSPS) is 27.5. The van der Waals surface area contributed by atoms with Gasteiger partial charge in [-0.15, -0.1) is 0 Å². The first kappa shape index (κ1) is 17.6. The highest BCUT2D eigenvalue weighted by atomic mass is 32.2. The predicted molar refractivity (Wildman–Crippen MR) is 101 cm³/mol. The maximum atomic E-state index is 13.1. The van der Waals surface area contributed by atoms with Crippen LogP contribution in [0.3, 0.4) is 0 Å². The monoisotopic (exact) mass is 391 g/mol. The van der Waals surface area contributed by atoms with Crippen molar-refractivity contribution in [2.45, 2.75) is 49.3 Å². The molecule has 0 aromatic heterocycles. The molecular weight excluding hydrogens is 366 g/mol. The smallest absolute Gasteiger partial charge is 0.257 e. The van der Waals surface area contributed by atoms with E-state index >= 15 is 0 Å². The van der Waals surface area contributed by atoms with Crippen molar-refractivity contribution in [3.05, 3.63) is 23.8 Å². The van der Waals surface area contributed by atoms with Crippen molar-refractivity contribution in [1.82, 2.24) is 4.31 Å². The molecule has 0 amide bonds. The van der Waals surface area contributed by atoms with Gasteiger partial charge >= 0.3 is 0 Å². The van der Waals surface area contributed by atoms with E-state index in [4.69, 9.17) is 14.5 Å². The van der Waals surface area contributed by atoms with E-state index in [1.807, 2.05) is 6.07 Å². The highest BCUT2D eigenvalue weighted by molar-refractivity contribution is 7.89. The molecule has 4 aliphatic rings.